The lowest BCUT2D eigenvalue weighted by Gasteiger charge is -2.19. The maximum absolute atomic E-state index is 4.12. The number of nitrogens with one attached hydrogen (secondary N) is 3. The van der Waals surface area contributed by atoms with Crippen LogP contribution in [0.15, 0.2) is 54.4 Å². The predicted octanol–water partition coefficient (Wildman–Crippen LogP) is 2.97. The number of hydrogen-bond donors (Lipinski definition) is 3. The lowest BCUT2D eigenvalue weighted by atomic mass is 10.1. The van der Waals surface area contributed by atoms with Crippen molar-refractivity contribution in [2.75, 3.05) is 19.6 Å². The van der Waals surface area contributed by atoms with Crippen molar-refractivity contribution < 1.29 is 0 Å². The summed E-state index contributed by atoms with van der Waals surface area (Å²) in [7, 11) is 0. The van der Waals surface area contributed by atoms with Gasteiger partial charge in [0.2, 0.25) is 0 Å². The second-order valence-electron chi connectivity index (χ2n) is 5.84. The van der Waals surface area contributed by atoms with Crippen LogP contribution in [0, 0.1) is 0 Å². The third-order valence-corrected chi connectivity index (χ3v) is 4.00. The second-order valence-corrected chi connectivity index (χ2v) is 5.84. The molecule has 0 aliphatic carbocycles. The van der Waals surface area contributed by atoms with E-state index in [-0.39, 0.29) is 0 Å². The third-order valence-electron chi connectivity index (χ3n) is 4.00. The molecule has 0 aromatic heterocycles. The Labute approximate surface area is 134 Å². The van der Waals surface area contributed by atoms with Crippen molar-refractivity contribution >= 4 is 0 Å². The topological polar surface area (TPSA) is 36.1 Å². The van der Waals surface area contributed by atoms with E-state index in [9.17, 15) is 0 Å². The first-order chi connectivity index (χ1) is 10.8. The molecule has 3 N–H and O–H groups in total. The molecule has 3 nitrogen and oxygen atoms in total. The fourth-order valence-electron chi connectivity index (χ4n) is 2.81. The lowest BCUT2D eigenvalue weighted by molar-refractivity contribution is 0.618. The van der Waals surface area contributed by atoms with Crippen molar-refractivity contribution in [3.63, 3.8) is 0 Å². The second kappa shape index (κ2) is 9.31. The highest BCUT2D eigenvalue weighted by Gasteiger charge is 2.17. The Morgan fingerprint density at radius 1 is 1.32 bits per heavy atom. The monoisotopic (exact) mass is 299 g/mol. The van der Waals surface area contributed by atoms with Crippen LogP contribution in [-0.2, 0) is 6.42 Å². The van der Waals surface area contributed by atoms with Gasteiger partial charge in [-0.3, -0.25) is 0 Å². The summed E-state index contributed by atoms with van der Waals surface area (Å²) in [5.74, 6) is 0. The van der Waals surface area contributed by atoms with Crippen molar-refractivity contribution in [1.29, 1.82) is 0 Å². The Bertz CT molecular complexity index is 473. The maximum atomic E-state index is 4.12. The molecule has 1 aliphatic rings. The molecule has 1 aliphatic heterocycles. The van der Waals surface area contributed by atoms with Crippen LogP contribution in [-0.4, -0.2) is 25.7 Å². The van der Waals surface area contributed by atoms with Gasteiger partial charge >= 0.3 is 0 Å². The minimum absolute atomic E-state index is 0.497. The molecule has 1 atom stereocenters. The lowest BCUT2D eigenvalue weighted by Crippen LogP contribution is -2.34. The molecule has 22 heavy (non-hydrogen) atoms. The van der Waals surface area contributed by atoms with Crippen LogP contribution < -0.4 is 16.0 Å². The predicted molar refractivity (Wildman–Crippen MR) is 94.7 cm³/mol. The summed E-state index contributed by atoms with van der Waals surface area (Å²) in [6.45, 7) is 9.16. The molecule has 0 unspecified atom stereocenters. The minimum atomic E-state index is 0.497. The highest BCUT2D eigenvalue weighted by atomic mass is 15.0. The molecule has 1 aromatic rings. The average molecular weight is 299 g/mol. The van der Waals surface area contributed by atoms with Gasteiger partial charge in [-0.05, 0) is 37.8 Å². The largest absolute Gasteiger partial charge is 0.387 e. The van der Waals surface area contributed by atoms with Gasteiger partial charge in [-0.15, -0.1) is 0 Å². The molecule has 0 amide bonds. The van der Waals surface area contributed by atoms with Crippen LogP contribution in [0.2, 0.25) is 0 Å². The molecule has 0 spiro atoms. The summed E-state index contributed by atoms with van der Waals surface area (Å²) in [5, 5.41) is 10.5. The first kappa shape index (κ1) is 16.6. The maximum Gasteiger partial charge on any atom is 0.0539 e. The molecule has 1 heterocycles. The van der Waals surface area contributed by atoms with E-state index in [0.717, 1.165) is 38.2 Å². The summed E-state index contributed by atoms with van der Waals surface area (Å²) in [6, 6.07) is 11.0. The van der Waals surface area contributed by atoms with Crippen LogP contribution in [0.3, 0.4) is 0 Å². The van der Waals surface area contributed by atoms with Crippen molar-refractivity contribution in [2.24, 2.45) is 0 Å². The molecule has 0 bridgehead atoms. The van der Waals surface area contributed by atoms with E-state index in [0.29, 0.717) is 6.04 Å². The van der Waals surface area contributed by atoms with E-state index in [1.165, 1.54) is 24.1 Å². The Balaban J connectivity index is 1.68. The van der Waals surface area contributed by atoms with Gasteiger partial charge in [-0.1, -0.05) is 49.9 Å². The van der Waals surface area contributed by atoms with Gasteiger partial charge in [0.25, 0.3) is 0 Å². The van der Waals surface area contributed by atoms with Gasteiger partial charge in [-0.25, -0.2) is 0 Å². The summed E-state index contributed by atoms with van der Waals surface area (Å²) < 4.78 is 0. The molecule has 0 saturated carbocycles. The van der Waals surface area contributed by atoms with Crippen LogP contribution in [0.1, 0.15) is 31.7 Å². The SMILES string of the molecule is C=C(CN/C(=C\CC)[C@@H]1CCCN1)NCCc1ccccc1. The molecule has 0 radical (unpaired) electrons. The highest BCUT2D eigenvalue weighted by molar-refractivity contribution is 5.16. The smallest absolute Gasteiger partial charge is 0.0539 e. The molecule has 2 rings (SSSR count). The van der Waals surface area contributed by atoms with Crippen LogP contribution in [0.5, 0.6) is 0 Å². The Morgan fingerprint density at radius 2 is 2.14 bits per heavy atom. The van der Waals surface area contributed by atoms with Gasteiger partial charge in [0.1, 0.15) is 0 Å². The summed E-state index contributed by atoms with van der Waals surface area (Å²) in [6.07, 6.45) is 6.88. The number of benzene rings is 1. The molecule has 1 saturated heterocycles. The summed E-state index contributed by atoms with van der Waals surface area (Å²) in [4.78, 5) is 0. The fraction of sp³-hybridized carbons (Fsp3) is 0.474. The molecular formula is C19H29N3. The van der Waals surface area contributed by atoms with E-state index in [4.69, 9.17) is 0 Å². The number of allylic oxidation sites excluding steroid dienone is 1. The van der Waals surface area contributed by atoms with Crippen LogP contribution in [0.4, 0.5) is 0 Å². The first-order valence-corrected chi connectivity index (χ1v) is 8.42. The van der Waals surface area contributed by atoms with Crippen molar-refractivity contribution in [3.8, 4) is 0 Å². The zero-order valence-corrected chi connectivity index (χ0v) is 13.7. The van der Waals surface area contributed by atoms with Gasteiger partial charge < -0.3 is 16.0 Å². The number of hydrogen-bond acceptors (Lipinski definition) is 3. The highest BCUT2D eigenvalue weighted by Crippen LogP contribution is 2.12. The van der Waals surface area contributed by atoms with E-state index in [1.54, 1.807) is 0 Å². The third kappa shape index (κ3) is 5.57. The van der Waals surface area contributed by atoms with Crippen LogP contribution >= 0.6 is 0 Å². The average Bonchev–Trinajstić information content (AvgIpc) is 3.07. The van der Waals surface area contributed by atoms with E-state index >= 15 is 0 Å². The van der Waals surface area contributed by atoms with Crippen molar-refractivity contribution in [2.45, 2.75) is 38.6 Å². The van der Waals surface area contributed by atoms with Gasteiger partial charge in [0.05, 0.1) is 6.54 Å². The zero-order valence-electron chi connectivity index (χ0n) is 13.7. The summed E-state index contributed by atoms with van der Waals surface area (Å²) in [5.41, 5.74) is 3.74. The molecular weight excluding hydrogens is 270 g/mol. The van der Waals surface area contributed by atoms with Gasteiger partial charge in [0, 0.05) is 24.0 Å². The Kier molecular flexibility index (Phi) is 7.04. The minimum Gasteiger partial charge on any atom is -0.387 e. The molecule has 3 heteroatoms. The standard InChI is InChI=1S/C19H29N3/c1-3-8-18(19-11-7-13-21-19)22-15-16(2)20-14-12-17-9-5-4-6-10-17/h4-6,8-10,19-22H,2-3,7,11-15H2,1H3/b18-8-/t19-/m0/s1. The summed E-state index contributed by atoms with van der Waals surface area (Å²) >= 11 is 0. The fourth-order valence-corrected chi connectivity index (χ4v) is 2.81. The van der Waals surface area contributed by atoms with Gasteiger partial charge in [-0.2, -0.15) is 0 Å². The van der Waals surface area contributed by atoms with Crippen molar-refractivity contribution in [1.82, 2.24) is 16.0 Å². The molecule has 1 aromatic carbocycles. The van der Waals surface area contributed by atoms with Crippen LogP contribution in [0.25, 0.3) is 0 Å². The first-order valence-electron chi connectivity index (χ1n) is 8.42. The van der Waals surface area contributed by atoms with Gasteiger partial charge in [0.15, 0.2) is 0 Å². The van der Waals surface area contributed by atoms with E-state index < -0.39 is 0 Å². The zero-order chi connectivity index (χ0) is 15.6. The molecule has 120 valence electrons. The normalized spacial score (nSPS) is 18.2. The number of rotatable bonds is 9. The van der Waals surface area contributed by atoms with E-state index in [2.05, 4.69) is 65.9 Å². The molecule has 1 fully saturated rings. The van der Waals surface area contributed by atoms with E-state index in [1.807, 2.05) is 0 Å². The Morgan fingerprint density at radius 3 is 2.82 bits per heavy atom. The Hall–Kier alpha value is -1.74. The quantitative estimate of drug-likeness (QED) is 0.656. The van der Waals surface area contributed by atoms with Crippen molar-refractivity contribution in [3.05, 3.63) is 59.9 Å².